The molecule has 0 spiro atoms. The molecule has 0 aliphatic heterocycles. The smallest absolute Gasteiger partial charge is 0.0402 e. The molecule has 136 valence electrons. The van der Waals surface area contributed by atoms with E-state index in [9.17, 15) is 0 Å². The summed E-state index contributed by atoms with van der Waals surface area (Å²) in [6, 6.07) is 9.04. The highest BCUT2D eigenvalue weighted by Crippen LogP contribution is 2.36. The highest BCUT2D eigenvalue weighted by atomic mass is 14.6. The summed E-state index contributed by atoms with van der Waals surface area (Å²) in [5.74, 6) is 0.617. The van der Waals surface area contributed by atoms with Crippen LogP contribution in [-0.4, -0.2) is 0 Å². The van der Waals surface area contributed by atoms with Crippen LogP contribution in [0.25, 0.3) is 16.3 Å². The van der Waals surface area contributed by atoms with E-state index in [-0.39, 0.29) is 0 Å². The van der Waals surface area contributed by atoms with Gasteiger partial charge in [-0.05, 0) is 64.6 Å². The molecule has 2 aromatic rings. The van der Waals surface area contributed by atoms with E-state index >= 15 is 0 Å². The molecule has 1 unspecified atom stereocenters. The average Bonchev–Trinajstić information content (AvgIpc) is 2.83. The zero-order valence-electron chi connectivity index (χ0n) is 16.8. The molecule has 0 aromatic heterocycles. The molecule has 0 amide bonds. The van der Waals surface area contributed by atoms with Crippen molar-refractivity contribution < 1.29 is 0 Å². The Bertz CT molecular complexity index is 904. The molecule has 1 heteroatoms. The van der Waals surface area contributed by atoms with Crippen LogP contribution in [0.5, 0.6) is 0 Å². The maximum Gasteiger partial charge on any atom is 0.0402 e. The fraction of sp³-hybridized carbons (Fsp3) is 0.360. The van der Waals surface area contributed by atoms with Crippen molar-refractivity contribution in [2.75, 3.05) is 5.73 Å². The van der Waals surface area contributed by atoms with Crippen LogP contribution < -0.4 is 5.73 Å². The number of benzene rings is 2. The van der Waals surface area contributed by atoms with Crippen molar-refractivity contribution >= 4 is 22.0 Å². The largest absolute Gasteiger partial charge is 0.398 e. The van der Waals surface area contributed by atoms with Gasteiger partial charge < -0.3 is 5.73 Å². The van der Waals surface area contributed by atoms with Gasteiger partial charge >= 0.3 is 0 Å². The van der Waals surface area contributed by atoms with Crippen molar-refractivity contribution in [2.45, 2.75) is 47.5 Å². The van der Waals surface area contributed by atoms with Gasteiger partial charge in [0.15, 0.2) is 0 Å². The van der Waals surface area contributed by atoms with Crippen LogP contribution >= 0.6 is 0 Å². The molecule has 0 radical (unpaired) electrons. The van der Waals surface area contributed by atoms with E-state index in [1.807, 2.05) is 0 Å². The fourth-order valence-corrected chi connectivity index (χ4v) is 3.55. The number of allylic oxidation sites excluding steroid dienone is 6. The number of anilines is 1. The molecule has 0 saturated heterocycles. The molecule has 3 rings (SSSR count). The highest BCUT2D eigenvalue weighted by molar-refractivity contribution is 6.02. The predicted octanol–water partition coefficient (Wildman–Crippen LogP) is 6.85. The molecule has 1 nitrogen and oxygen atoms in total. The summed E-state index contributed by atoms with van der Waals surface area (Å²) in [5, 5.41) is 2.58. The Kier molecular flexibility index (Phi) is 5.09. The topological polar surface area (TPSA) is 26.0 Å². The Balaban J connectivity index is 2.14. The first kappa shape index (κ1) is 18.5. The van der Waals surface area contributed by atoms with Gasteiger partial charge in [-0.25, -0.2) is 0 Å². The Morgan fingerprint density at radius 2 is 1.85 bits per heavy atom. The van der Waals surface area contributed by atoms with Gasteiger partial charge in [-0.2, -0.15) is 0 Å². The molecule has 2 aromatic carbocycles. The third-order valence-electron chi connectivity index (χ3n) is 5.74. The quantitative estimate of drug-likeness (QED) is 0.604. The molecule has 26 heavy (non-hydrogen) atoms. The number of aryl methyl sites for hydroxylation is 1. The third-order valence-corrected chi connectivity index (χ3v) is 5.74. The standard InChI is InChI=1S/C25H31N/c1-17-14-23(26)24(20-10-8-6-7-9-11-20)22-16-19(12-13-21(17)22)15-18(2)25(3,4)5/h6-8,10-14,16,18H,9,15,26H2,1-5H3. The molecule has 1 atom stereocenters. The van der Waals surface area contributed by atoms with Crippen LogP contribution in [0.3, 0.4) is 0 Å². The van der Waals surface area contributed by atoms with E-state index in [1.54, 1.807) is 0 Å². The summed E-state index contributed by atoms with van der Waals surface area (Å²) in [4.78, 5) is 0. The summed E-state index contributed by atoms with van der Waals surface area (Å²) >= 11 is 0. The summed E-state index contributed by atoms with van der Waals surface area (Å²) in [5.41, 5.74) is 12.7. The third kappa shape index (κ3) is 3.77. The Labute approximate surface area is 158 Å². The minimum atomic E-state index is 0.307. The first-order valence-corrected chi connectivity index (χ1v) is 9.63. The number of fused-ring (bicyclic) bond motifs is 1. The van der Waals surface area contributed by atoms with E-state index < -0.39 is 0 Å². The number of hydrogen-bond acceptors (Lipinski definition) is 1. The van der Waals surface area contributed by atoms with Crippen LogP contribution in [0, 0.1) is 18.3 Å². The number of nitrogen functional groups attached to an aromatic ring is 1. The van der Waals surface area contributed by atoms with E-state index in [0.717, 1.165) is 18.5 Å². The minimum Gasteiger partial charge on any atom is -0.398 e. The first-order valence-electron chi connectivity index (χ1n) is 9.63. The first-order chi connectivity index (χ1) is 12.3. The van der Waals surface area contributed by atoms with Crippen LogP contribution in [0.15, 0.2) is 54.6 Å². The number of hydrogen-bond donors (Lipinski definition) is 1. The Morgan fingerprint density at radius 3 is 2.58 bits per heavy atom. The van der Waals surface area contributed by atoms with Crippen LogP contribution in [0.1, 0.15) is 50.8 Å². The Morgan fingerprint density at radius 1 is 1.08 bits per heavy atom. The average molecular weight is 346 g/mol. The summed E-state index contributed by atoms with van der Waals surface area (Å²) in [6.45, 7) is 11.5. The summed E-state index contributed by atoms with van der Waals surface area (Å²) in [6.07, 6.45) is 12.9. The minimum absolute atomic E-state index is 0.307. The Hall–Kier alpha value is -2.28. The predicted molar refractivity (Wildman–Crippen MR) is 116 cm³/mol. The summed E-state index contributed by atoms with van der Waals surface area (Å²) in [7, 11) is 0. The van der Waals surface area contributed by atoms with Crippen molar-refractivity contribution in [3.05, 3.63) is 71.3 Å². The normalized spacial score (nSPS) is 15.8. The van der Waals surface area contributed by atoms with Crippen molar-refractivity contribution in [1.82, 2.24) is 0 Å². The van der Waals surface area contributed by atoms with E-state index in [1.165, 1.54) is 33.0 Å². The maximum absolute atomic E-state index is 6.49. The van der Waals surface area contributed by atoms with Gasteiger partial charge in [0.2, 0.25) is 0 Å². The van der Waals surface area contributed by atoms with Crippen molar-refractivity contribution in [3.63, 3.8) is 0 Å². The van der Waals surface area contributed by atoms with Gasteiger partial charge in [0.05, 0.1) is 0 Å². The molecule has 0 bridgehead atoms. The molecule has 2 N–H and O–H groups in total. The molecule has 0 heterocycles. The van der Waals surface area contributed by atoms with Gasteiger partial charge in [0, 0.05) is 11.3 Å². The van der Waals surface area contributed by atoms with Crippen LogP contribution in [-0.2, 0) is 6.42 Å². The van der Waals surface area contributed by atoms with Crippen molar-refractivity contribution in [3.8, 4) is 0 Å². The van der Waals surface area contributed by atoms with Crippen LogP contribution in [0.2, 0.25) is 0 Å². The number of nitrogens with two attached hydrogens (primary N) is 1. The number of rotatable bonds is 3. The molecule has 0 fully saturated rings. The second-order valence-corrected chi connectivity index (χ2v) is 8.69. The lowest BCUT2D eigenvalue weighted by Crippen LogP contribution is -2.19. The van der Waals surface area contributed by atoms with Gasteiger partial charge in [-0.3, -0.25) is 0 Å². The van der Waals surface area contributed by atoms with Gasteiger partial charge in [0.1, 0.15) is 0 Å². The van der Waals surface area contributed by atoms with Gasteiger partial charge in [-0.1, -0.05) is 76.3 Å². The molecule has 1 aliphatic carbocycles. The SMILES string of the molecule is Cc1cc(N)c(C2=CCC=CC=C2)c2cc(CC(C)C(C)(C)C)ccc12. The van der Waals surface area contributed by atoms with E-state index in [2.05, 4.69) is 89.3 Å². The zero-order valence-corrected chi connectivity index (χ0v) is 16.8. The lowest BCUT2D eigenvalue weighted by atomic mass is 9.78. The maximum atomic E-state index is 6.49. The zero-order chi connectivity index (χ0) is 18.9. The highest BCUT2D eigenvalue weighted by Gasteiger charge is 2.20. The molecule has 1 aliphatic rings. The summed E-state index contributed by atoms with van der Waals surface area (Å²) < 4.78 is 0. The monoisotopic (exact) mass is 345 g/mol. The van der Waals surface area contributed by atoms with Crippen LogP contribution in [0.4, 0.5) is 5.69 Å². The molecule has 0 saturated carbocycles. The second kappa shape index (κ2) is 7.15. The van der Waals surface area contributed by atoms with Gasteiger partial charge in [-0.15, -0.1) is 0 Å². The second-order valence-electron chi connectivity index (χ2n) is 8.69. The molecular weight excluding hydrogens is 314 g/mol. The van der Waals surface area contributed by atoms with Crippen molar-refractivity contribution in [2.24, 2.45) is 11.3 Å². The molecular formula is C25H31N. The lowest BCUT2D eigenvalue weighted by Gasteiger charge is -2.27. The van der Waals surface area contributed by atoms with E-state index in [4.69, 9.17) is 5.73 Å². The lowest BCUT2D eigenvalue weighted by molar-refractivity contribution is 0.260. The fourth-order valence-electron chi connectivity index (χ4n) is 3.55. The van der Waals surface area contributed by atoms with Crippen molar-refractivity contribution in [1.29, 1.82) is 0 Å². The van der Waals surface area contributed by atoms with Gasteiger partial charge in [0.25, 0.3) is 0 Å². The van der Waals surface area contributed by atoms with E-state index in [0.29, 0.717) is 11.3 Å².